The summed E-state index contributed by atoms with van der Waals surface area (Å²) >= 11 is 0. The Balaban J connectivity index is 1.42. The monoisotopic (exact) mass is 525 g/mol. The van der Waals surface area contributed by atoms with Gasteiger partial charge in [-0.15, -0.1) is 0 Å². The van der Waals surface area contributed by atoms with E-state index in [1.54, 1.807) is 31.5 Å². The molecule has 0 spiro atoms. The number of carbonyl (C=O) groups excluding carboxylic acids is 1. The molecule has 0 fully saturated rings. The van der Waals surface area contributed by atoms with Crippen LogP contribution in [0.5, 0.6) is 11.5 Å². The summed E-state index contributed by atoms with van der Waals surface area (Å²) in [5, 5.41) is 6.22. The van der Waals surface area contributed by atoms with Gasteiger partial charge in [0, 0.05) is 53.0 Å². The molecule has 0 radical (unpaired) electrons. The number of benzene rings is 3. The maximum atomic E-state index is 12.6. The minimum Gasteiger partial charge on any atom is -0.496 e. The fourth-order valence-electron chi connectivity index (χ4n) is 4.34. The van der Waals surface area contributed by atoms with Crippen molar-refractivity contribution in [3.8, 4) is 22.8 Å². The second-order valence-electron chi connectivity index (χ2n) is 9.13. The van der Waals surface area contributed by atoms with Gasteiger partial charge in [0.05, 0.1) is 19.4 Å². The number of carbonyl (C=O) groups is 1. The van der Waals surface area contributed by atoms with E-state index >= 15 is 0 Å². The number of methoxy groups -OCH3 is 1. The number of para-hydroxylation sites is 1. The molecular weight excluding hydrogens is 494 g/mol. The van der Waals surface area contributed by atoms with Gasteiger partial charge in [-0.2, -0.15) is 0 Å². The van der Waals surface area contributed by atoms with Gasteiger partial charge in [0.1, 0.15) is 18.1 Å². The Morgan fingerprint density at radius 3 is 2.79 bits per heavy atom. The smallest absolute Gasteiger partial charge is 0.251 e. The van der Waals surface area contributed by atoms with Crippen LogP contribution in [0, 0.1) is 0 Å². The Morgan fingerprint density at radius 2 is 1.92 bits per heavy atom. The molecule has 3 heterocycles. The molecule has 200 valence electrons. The van der Waals surface area contributed by atoms with Crippen LogP contribution in [0.4, 0.5) is 17.3 Å². The van der Waals surface area contributed by atoms with E-state index in [0.717, 1.165) is 41.0 Å². The van der Waals surface area contributed by atoms with Crippen molar-refractivity contribution in [2.45, 2.75) is 26.1 Å². The fraction of sp³-hybridized carbons (Fsp3) is 0.233. The van der Waals surface area contributed by atoms with Gasteiger partial charge >= 0.3 is 0 Å². The lowest BCUT2D eigenvalue weighted by molar-refractivity contribution is 0.0945. The van der Waals surface area contributed by atoms with Crippen molar-refractivity contribution in [1.29, 1.82) is 0 Å². The molecule has 1 amide bonds. The van der Waals surface area contributed by atoms with Crippen molar-refractivity contribution in [3.05, 3.63) is 89.6 Å². The lowest BCUT2D eigenvalue weighted by Gasteiger charge is -2.15. The molecule has 0 unspecified atom stereocenters. The third kappa shape index (κ3) is 6.45. The lowest BCUT2D eigenvalue weighted by Crippen LogP contribution is -2.24. The molecule has 39 heavy (non-hydrogen) atoms. The lowest BCUT2D eigenvalue weighted by atomic mass is 10.1. The van der Waals surface area contributed by atoms with Gasteiger partial charge in [-0.25, -0.2) is 9.97 Å². The molecule has 3 aromatic carbocycles. The Morgan fingerprint density at radius 1 is 1.03 bits per heavy atom. The van der Waals surface area contributed by atoms with Crippen LogP contribution in [0.2, 0.25) is 0 Å². The molecule has 0 atom stereocenters. The predicted octanol–water partition coefficient (Wildman–Crippen LogP) is 5.10. The average Bonchev–Trinajstić information content (AvgIpc) is 2.96. The van der Waals surface area contributed by atoms with Crippen LogP contribution in [0.3, 0.4) is 0 Å². The minimum absolute atomic E-state index is 0.162. The van der Waals surface area contributed by atoms with Crippen LogP contribution in [0.25, 0.3) is 11.3 Å². The number of nitrogen functional groups attached to an aromatic ring is 1. The van der Waals surface area contributed by atoms with E-state index in [-0.39, 0.29) is 5.91 Å². The number of amides is 1. The summed E-state index contributed by atoms with van der Waals surface area (Å²) in [5.74, 6) is 1.75. The summed E-state index contributed by atoms with van der Waals surface area (Å²) in [7, 11) is 1.65. The van der Waals surface area contributed by atoms with Gasteiger partial charge in [-0.05, 0) is 61.4 Å². The van der Waals surface area contributed by atoms with E-state index in [1.165, 1.54) is 0 Å². The van der Waals surface area contributed by atoms with Gasteiger partial charge in [0.2, 0.25) is 5.95 Å². The fourth-order valence-corrected chi connectivity index (χ4v) is 4.34. The predicted molar refractivity (Wildman–Crippen MR) is 150 cm³/mol. The minimum atomic E-state index is -0.162. The van der Waals surface area contributed by atoms with Crippen molar-refractivity contribution < 1.29 is 19.0 Å². The molecule has 2 aliphatic heterocycles. The highest BCUT2D eigenvalue weighted by molar-refractivity contribution is 5.96. The van der Waals surface area contributed by atoms with Gasteiger partial charge in [-0.1, -0.05) is 18.2 Å². The molecule has 9 heteroatoms. The van der Waals surface area contributed by atoms with Crippen molar-refractivity contribution in [2.24, 2.45) is 0 Å². The number of nitrogens with one attached hydrogen (secondary N) is 2. The molecule has 9 nitrogen and oxygen atoms in total. The summed E-state index contributed by atoms with van der Waals surface area (Å²) in [6.45, 7) is 1.82. The Labute approximate surface area is 227 Å². The van der Waals surface area contributed by atoms with Gasteiger partial charge in [0.25, 0.3) is 5.91 Å². The first kappa shape index (κ1) is 26.0. The van der Waals surface area contributed by atoms with Gasteiger partial charge in [0.15, 0.2) is 0 Å². The summed E-state index contributed by atoms with van der Waals surface area (Å²) in [6.07, 6.45) is 3.26. The number of aromatic nitrogens is 2. The number of nitrogens with zero attached hydrogens (tertiary/aromatic N) is 2. The molecule has 4 aromatic rings. The summed E-state index contributed by atoms with van der Waals surface area (Å²) < 4.78 is 17.6. The average molecular weight is 526 g/mol. The molecule has 4 N–H and O–H groups in total. The summed E-state index contributed by atoms with van der Waals surface area (Å²) in [6, 6.07) is 20.6. The van der Waals surface area contributed by atoms with E-state index < -0.39 is 0 Å². The van der Waals surface area contributed by atoms with Crippen LogP contribution < -0.4 is 25.8 Å². The SMILES string of the molecule is COc1ccccc1COc1ccc2cc1COCCCCNC(=O)c1ccc(c(N)c1)-c1ccnc(n1)N2. The molecule has 0 saturated carbocycles. The zero-order valence-corrected chi connectivity index (χ0v) is 21.8. The summed E-state index contributed by atoms with van der Waals surface area (Å²) in [5.41, 5.74) is 11.3. The molecule has 6 rings (SSSR count). The van der Waals surface area contributed by atoms with Crippen molar-refractivity contribution in [2.75, 3.05) is 31.3 Å². The van der Waals surface area contributed by atoms with Crippen LogP contribution in [-0.4, -0.2) is 36.1 Å². The van der Waals surface area contributed by atoms with Crippen LogP contribution in [-0.2, 0) is 18.0 Å². The molecule has 2 aliphatic rings. The third-order valence-corrected chi connectivity index (χ3v) is 6.40. The second-order valence-corrected chi connectivity index (χ2v) is 9.13. The zero-order valence-electron chi connectivity index (χ0n) is 21.8. The first-order valence-electron chi connectivity index (χ1n) is 12.8. The Kier molecular flexibility index (Phi) is 8.18. The van der Waals surface area contributed by atoms with Crippen LogP contribution in [0.15, 0.2) is 72.9 Å². The molecule has 0 saturated heterocycles. The maximum absolute atomic E-state index is 12.6. The van der Waals surface area contributed by atoms with Crippen LogP contribution in [0.1, 0.15) is 34.3 Å². The highest BCUT2D eigenvalue weighted by Gasteiger charge is 2.13. The number of hydrogen-bond donors (Lipinski definition) is 3. The number of anilines is 3. The van der Waals surface area contributed by atoms with E-state index in [4.69, 9.17) is 19.9 Å². The third-order valence-electron chi connectivity index (χ3n) is 6.40. The molecule has 1 aromatic heterocycles. The van der Waals surface area contributed by atoms with E-state index in [1.807, 2.05) is 48.5 Å². The number of fused-ring (bicyclic) bond motifs is 9. The highest BCUT2D eigenvalue weighted by Crippen LogP contribution is 2.29. The first-order valence-corrected chi connectivity index (χ1v) is 12.8. The maximum Gasteiger partial charge on any atom is 0.251 e. The van der Waals surface area contributed by atoms with E-state index in [9.17, 15) is 4.79 Å². The Hall–Kier alpha value is -4.63. The van der Waals surface area contributed by atoms with Crippen LogP contribution >= 0.6 is 0 Å². The number of ether oxygens (including phenoxy) is 3. The first-order chi connectivity index (χ1) is 19.1. The standard InChI is InChI=1S/C30H31N5O4/c1-37-27-7-3-2-6-21(27)19-39-28-11-9-23-16-22(28)18-38-15-5-4-13-32-29(36)20-8-10-24(25(31)17-20)26-12-14-33-30(34-23)35-26/h2-3,6-12,14,16-17H,4-5,13,15,18-19,31H2,1H3,(H,32,36)(H,33,34,35). The van der Waals surface area contributed by atoms with E-state index in [2.05, 4.69) is 20.6 Å². The summed E-state index contributed by atoms with van der Waals surface area (Å²) in [4.78, 5) is 21.6. The second kappa shape index (κ2) is 12.3. The van der Waals surface area contributed by atoms with Crippen molar-refractivity contribution in [3.63, 3.8) is 0 Å². The zero-order chi connectivity index (χ0) is 27.0. The van der Waals surface area contributed by atoms with E-state index in [0.29, 0.717) is 55.0 Å². The molecule has 6 bridgehead atoms. The number of rotatable bonds is 4. The molecule has 0 aliphatic carbocycles. The van der Waals surface area contributed by atoms with Gasteiger partial charge in [-0.3, -0.25) is 4.79 Å². The van der Waals surface area contributed by atoms with Gasteiger partial charge < -0.3 is 30.6 Å². The highest BCUT2D eigenvalue weighted by atomic mass is 16.5. The quantitative estimate of drug-likeness (QED) is 0.315. The largest absolute Gasteiger partial charge is 0.496 e. The number of hydrogen-bond acceptors (Lipinski definition) is 8. The van der Waals surface area contributed by atoms with Crippen molar-refractivity contribution >= 4 is 23.2 Å². The Bertz CT molecular complexity index is 1460. The topological polar surface area (TPSA) is 121 Å². The normalized spacial score (nSPS) is 13.8. The van der Waals surface area contributed by atoms with Crippen molar-refractivity contribution in [1.82, 2.24) is 15.3 Å². The number of nitrogens with two attached hydrogens (primary N) is 1. The molecular formula is C30H31N5O4.